The summed E-state index contributed by atoms with van der Waals surface area (Å²) in [6, 6.07) is 10.1. The maximum Gasteiger partial charge on any atom is 0.385 e. The molecule has 0 spiro atoms. The largest absolute Gasteiger partial charge is 0.385 e. The number of amidine groups is 1. The van der Waals surface area contributed by atoms with Crippen molar-refractivity contribution in [1.82, 2.24) is 9.97 Å². The molecule has 0 amide bonds. The number of nitrogens with two attached hydrogens (primary N) is 1. The van der Waals surface area contributed by atoms with Gasteiger partial charge in [0.15, 0.2) is 0 Å². The molecule has 4 heteroatoms. The van der Waals surface area contributed by atoms with Gasteiger partial charge < -0.3 is 5.73 Å². The molecule has 1 aliphatic heterocycles. The standard InChI is InChI=1S/C14H14N4/c1-9-7-10(2)17-14(16-9)18-8-11-5-3-4-6-12(11)13(18)15/h3-7,15H,8H2,1-2H3/p+1. The van der Waals surface area contributed by atoms with E-state index in [1.165, 1.54) is 5.56 Å². The van der Waals surface area contributed by atoms with Crippen LogP contribution in [0.3, 0.4) is 0 Å². The number of fused-ring (bicyclic) bond motifs is 1. The van der Waals surface area contributed by atoms with Crippen molar-refractivity contribution >= 4 is 11.8 Å². The van der Waals surface area contributed by atoms with Crippen LogP contribution in [0, 0.1) is 13.8 Å². The van der Waals surface area contributed by atoms with Crippen LogP contribution in [0.15, 0.2) is 30.3 Å². The zero-order chi connectivity index (χ0) is 12.7. The SMILES string of the molecule is Cc1cc(C)nc([N+]2=C(N)c3ccccc3C2)n1. The Labute approximate surface area is 106 Å². The first kappa shape index (κ1) is 10.9. The Morgan fingerprint density at radius 2 is 1.78 bits per heavy atom. The smallest absolute Gasteiger partial charge is 0.334 e. The molecule has 90 valence electrons. The van der Waals surface area contributed by atoms with Crippen LogP contribution in [0.2, 0.25) is 0 Å². The van der Waals surface area contributed by atoms with E-state index >= 15 is 0 Å². The molecule has 0 saturated carbocycles. The fraction of sp³-hybridized carbons (Fsp3) is 0.214. The minimum absolute atomic E-state index is 0.682. The summed E-state index contributed by atoms with van der Waals surface area (Å²) in [5, 5.41) is 0. The van der Waals surface area contributed by atoms with Crippen LogP contribution in [-0.2, 0) is 6.54 Å². The van der Waals surface area contributed by atoms with Crippen molar-refractivity contribution in [2.75, 3.05) is 0 Å². The molecule has 1 aliphatic rings. The second kappa shape index (κ2) is 3.91. The Morgan fingerprint density at radius 3 is 2.44 bits per heavy atom. The van der Waals surface area contributed by atoms with Gasteiger partial charge in [-0.25, -0.2) is 4.58 Å². The van der Waals surface area contributed by atoms with Gasteiger partial charge in [-0.15, -0.1) is 9.97 Å². The summed E-state index contributed by atoms with van der Waals surface area (Å²) in [5.41, 5.74) is 10.4. The van der Waals surface area contributed by atoms with E-state index < -0.39 is 0 Å². The molecule has 0 bridgehead atoms. The fourth-order valence-corrected chi connectivity index (χ4v) is 2.32. The molecule has 18 heavy (non-hydrogen) atoms. The van der Waals surface area contributed by atoms with E-state index in [1.54, 1.807) is 0 Å². The van der Waals surface area contributed by atoms with Gasteiger partial charge in [0.1, 0.15) is 11.4 Å². The lowest BCUT2D eigenvalue weighted by atomic mass is 10.1. The molecule has 2 aromatic rings. The molecule has 3 rings (SSSR count). The second-order valence-electron chi connectivity index (χ2n) is 4.58. The number of hydrogen-bond acceptors (Lipinski definition) is 3. The highest BCUT2D eigenvalue weighted by Gasteiger charge is 2.25. The number of rotatable bonds is 1. The van der Waals surface area contributed by atoms with Crippen LogP contribution in [0.4, 0.5) is 5.95 Å². The Hall–Kier alpha value is -2.23. The molecule has 0 unspecified atom stereocenters. The van der Waals surface area contributed by atoms with Crippen LogP contribution in [-0.4, -0.2) is 20.4 Å². The van der Waals surface area contributed by atoms with E-state index in [2.05, 4.69) is 16.0 Å². The molecule has 0 atom stereocenters. The summed E-state index contributed by atoms with van der Waals surface area (Å²) in [7, 11) is 0. The summed E-state index contributed by atoms with van der Waals surface area (Å²) in [5.74, 6) is 1.41. The number of benzene rings is 1. The quantitative estimate of drug-likeness (QED) is 0.770. The summed E-state index contributed by atoms with van der Waals surface area (Å²) in [4.78, 5) is 8.93. The second-order valence-corrected chi connectivity index (χ2v) is 4.58. The van der Waals surface area contributed by atoms with E-state index in [1.807, 2.05) is 42.7 Å². The zero-order valence-corrected chi connectivity index (χ0v) is 10.5. The summed E-state index contributed by atoms with van der Waals surface area (Å²) in [6.07, 6.45) is 0. The molecule has 2 N–H and O–H groups in total. The lowest BCUT2D eigenvalue weighted by Gasteiger charge is -2.01. The lowest BCUT2D eigenvalue weighted by molar-refractivity contribution is -0.461. The highest BCUT2D eigenvalue weighted by Crippen LogP contribution is 2.21. The molecule has 0 saturated heterocycles. The molecule has 1 aromatic carbocycles. The van der Waals surface area contributed by atoms with E-state index in [9.17, 15) is 0 Å². The minimum Gasteiger partial charge on any atom is -0.334 e. The van der Waals surface area contributed by atoms with Crippen molar-refractivity contribution < 1.29 is 4.58 Å². The third-order valence-corrected chi connectivity index (χ3v) is 3.12. The van der Waals surface area contributed by atoms with E-state index in [-0.39, 0.29) is 0 Å². The van der Waals surface area contributed by atoms with Crippen molar-refractivity contribution in [2.24, 2.45) is 5.73 Å². The van der Waals surface area contributed by atoms with Crippen LogP contribution >= 0.6 is 0 Å². The molecule has 0 radical (unpaired) electrons. The van der Waals surface area contributed by atoms with Gasteiger partial charge >= 0.3 is 5.95 Å². The summed E-state index contributed by atoms with van der Waals surface area (Å²) in [6.45, 7) is 4.68. The Morgan fingerprint density at radius 1 is 1.11 bits per heavy atom. The molecule has 2 heterocycles. The van der Waals surface area contributed by atoms with Crippen LogP contribution in [0.1, 0.15) is 22.5 Å². The first-order chi connectivity index (χ1) is 8.65. The molecule has 0 fully saturated rings. The first-order valence-corrected chi connectivity index (χ1v) is 5.95. The topological polar surface area (TPSA) is 54.8 Å². The van der Waals surface area contributed by atoms with Crippen molar-refractivity contribution in [3.05, 3.63) is 52.8 Å². The maximum atomic E-state index is 6.19. The number of nitrogens with zero attached hydrogens (tertiary/aromatic N) is 3. The molecular weight excluding hydrogens is 224 g/mol. The van der Waals surface area contributed by atoms with Crippen molar-refractivity contribution in [1.29, 1.82) is 0 Å². The van der Waals surface area contributed by atoms with Crippen molar-refractivity contribution in [2.45, 2.75) is 20.4 Å². The molecule has 4 nitrogen and oxygen atoms in total. The van der Waals surface area contributed by atoms with E-state index in [0.29, 0.717) is 5.95 Å². The van der Waals surface area contributed by atoms with Crippen LogP contribution in [0.5, 0.6) is 0 Å². The predicted octanol–water partition coefficient (Wildman–Crippen LogP) is 1.66. The van der Waals surface area contributed by atoms with Gasteiger partial charge in [-0.1, -0.05) is 18.2 Å². The van der Waals surface area contributed by atoms with Crippen LogP contribution < -0.4 is 5.73 Å². The predicted molar refractivity (Wildman–Crippen MR) is 69.9 cm³/mol. The van der Waals surface area contributed by atoms with Gasteiger partial charge in [0.2, 0.25) is 5.84 Å². The van der Waals surface area contributed by atoms with Gasteiger partial charge in [-0.3, -0.25) is 0 Å². The monoisotopic (exact) mass is 239 g/mol. The molecule has 1 aromatic heterocycles. The highest BCUT2D eigenvalue weighted by atomic mass is 15.2. The van der Waals surface area contributed by atoms with Crippen LogP contribution in [0.25, 0.3) is 0 Å². The van der Waals surface area contributed by atoms with Crippen molar-refractivity contribution in [3.8, 4) is 0 Å². The number of aromatic nitrogens is 2. The van der Waals surface area contributed by atoms with Gasteiger partial charge in [0.25, 0.3) is 0 Å². The molecule has 0 aliphatic carbocycles. The van der Waals surface area contributed by atoms with Crippen molar-refractivity contribution in [3.63, 3.8) is 0 Å². The zero-order valence-electron chi connectivity index (χ0n) is 10.5. The minimum atomic E-state index is 0.682. The normalized spacial score (nSPS) is 13.9. The first-order valence-electron chi connectivity index (χ1n) is 5.95. The van der Waals surface area contributed by atoms with Gasteiger partial charge in [0.05, 0.1) is 6.54 Å². The van der Waals surface area contributed by atoms with E-state index in [4.69, 9.17) is 5.73 Å². The number of aryl methyl sites for hydroxylation is 2. The number of hydrogen-bond donors (Lipinski definition) is 1. The molecular formula is C14H15N4+. The summed E-state index contributed by atoms with van der Waals surface area (Å²) < 4.78 is 1.96. The highest BCUT2D eigenvalue weighted by molar-refractivity contribution is 5.96. The third-order valence-electron chi connectivity index (χ3n) is 3.12. The summed E-state index contributed by atoms with van der Waals surface area (Å²) >= 11 is 0. The average Bonchev–Trinajstić information content (AvgIpc) is 2.66. The fourth-order valence-electron chi connectivity index (χ4n) is 2.32. The maximum absolute atomic E-state index is 6.19. The van der Waals surface area contributed by atoms with Gasteiger partial charge in [0, 0.05) is 11.6 Å². The van der Waals surface area contributed by atoms with E-state index in [0.717, 1.165) is 29.3 Å². The lowest BCUT2D eigenvalue weighted by Crippen LogP contribution is -2.21. The third kappa shape index (κ3) is 1.66. The Bertz CT molecular complexity index is 638. The van der Waals surface area contributed by atoms with Gasteiger partial charge in [-0.2, -0.15) is 0 Å². The van der Waals surface area contributed by atoms with Gasteiger partial charge in [-0.05, 0) is 25.5 Å². The Balaban J connectivity index is 2.12. The Kier molecular flexibility index (Phi) is 2.37. The average molecular weight is 239 g/mol.